The Labute approximate surface area is 118 Å². The van der Waals surface area contributed by atoms with Crippen LogP contribution in [0.15, 0.2) is 30.3 Å². The normalized spacial score (nSPS) is 10.6. The van der Waals surface area contributed by atoms with Crippen LogP contribution in [0.4, 0.5) is 5.13 Å². The predicted molar refractivity (Wildman–Crippen MR) is 73.3 cm³/mol. The van der Waals surface area contributed by atoms with Gasteiger partial charge in [-0.1, -0.05) is 64.9 Å². The number of anilines is 1. The third-order valence-corrected chi connectivity index (χ3v) is 3.33. The van der Waals surface area contributed by atoms with E-state index in [0.29, 0.717) is 11.6 Å². The van der Waals surface area contributed by atoms with Crippen LogP contribution in [0.3, 0.4) is 0 Å². The molecule has 1 amide bonds. The van der Waals surface area contributed by atoms with Crippen LogP contribution >= 0.6 is 34.5 Å². The van der Waals surface area contributed by atoms with Crippen molar-refractivity contribution in [3.05, 3.63) is 40.9 Å². The number of alkyl halides is 2. The van der Waals surface area contributed by atoms with Crippen molar-refractivity contribution in [2.24, 2.45) is 0 Å². The molecule has 0 unspecified atom stereocenters. The fourth-order valence-corrected chi connectivity index (χ4v) is 2.19. The summed E-state index contributed by atoms with van der Waals surface area (Å²) in [4.78, 5) is 10.1. The van der Waals surface area contributed by atoms with Crippen LogP contribution in [0.5, 0.6) is 0 Å². The summed E-state index contributed by atoms with van der Waals surface area (Å²) in [7, 11) is 0. The van der Waals surface area contributed by atoms with Gasteiger partial charge in [-0.15, -0.1) is 10.2 Å². The Balaban J connectivity index is 2.00. The molecule has 0 spiro atoms. The fourth-order valence-electron chi connectivity index (χ4n) is 1.31. The van der Waals surface area contributed by atoms with Crippen LogP contribution in [0.1, 0.15) is 10.6 Å². The molecule has 4 nitrogen and oxygen atoms in total. The number of nitrogens with one attached hydrogen (secondary N) is 1. The lowest BCUT2D eigenvalue weighted by molar-refractivity contribution is -0.114. The lowest BCUT2D eigenvalue weighted by Crippen LogP contribution is -2.18. The molecule has 0 aliphatic heterocycles. The molecule has 0 saturated carbocycles. The average Bonchev–Trinajstić information content (AvgIpc) is 2.77. The second kappa shape index (κ2) is 6.13. The first-order valence-electron chi connectivity index (χ1n) is 5.10. The number of rotatable bonds is 4. The van der Waals surface area contributed by atoms with Gasteiger partial charge in [0.2, 0.25) is 5.13 Å². The summed E-state index contributed by atoms with van der Waals surface area (Å²) in [6.07, 6.45) is 0.680. The molecule has 0 atom stereocenters. The van der Waals surface area contributed by atoms with Gasteiger partial charge in [-0.2, -0.15) is 0 Å². The van der Waals surface area contributed by atoms with Gasteiger partial charge in [0, 0.05) is 6.42 Å². The number of amides is 1. The Morgan fingerprint density at radius 2 is 2.00 bits per heavy atom. The van der Waals surface area contributed by atoms with E-state index >= 15 is 0 Å². The van der Waals surface area contributed by atoms with Crippen molar-refractivity contribution < 1.29 is 4.79 Å². The predicted octanol–water partition coefficient (Wildman–Crippen LogP) is 2.87. The molecule has 18 heavy (non-hydrogen) atoms. The minimum Gasteiger partial charge on any atom is -0.298 e. The Bertz CT molecular complexity index is 530. The SMILES string of the molecule is O=C(Nc1nnc(Cc2ccccc2)s1)C(Cl)Cl. The van der Waals surface area contributed by atoms with Crippen molar-refractivity contribution in [3.63, 3.8) is 0 Å². The number of carbonyl (C=O) groups is 1. The van der Waals surface area contributed by atoms with E-state index in [1.165, 1.54) is 11.3 Å². The minimum absolute atomic E-state index is 0.400. The van der Waals surface area contributed by atoms with Crippen molar-refractivity contribution in [1.29, 1.82) is 0 Å². The molecule has 0 saturated heterocycles. The quantitative estimate of drug-likeness (QED) is 0.884. The zero-order valence-corrected chi connectivity index (χ0v) is 11.5. The van der Waals surface area contributed by atoms with Crippen LogP contribution in [-0.2, 0) is 11.2 Å². The van der Waals surface area contributed by atoms with E-state index in [-0.39, 0.29) is 0 Å². The Morgan fingerprint density at radius 1 is 1.28 bits per heavy atom. The summed E-state index contributed by atoms with van der Waals surface area (Å²) in [5.74, 6) is -0.499. The largest absolute Gasteiger partial charge is 0.298 e. The third-order valence-electron chi connectivity index (χ3n) is 2.09. The molecular formula is C11H9Cl2N3OS. The number of nitrogens with zero attached hydrogens (tertiary/aromatic N) is 2. The smallest absolute Gasteiger partial charge is 0.259 e. The van der Waals surface area contributed by atoms with Crippen molar-refractivity contribution in [3.8, 4) is 0 Å². The van der Waals surface area contributed by atoms with E-state index in [2.05, 4.69) is 15.5 Å². The molecule has 0 aliphatic rings. The van der Waals surface area contributed by atoms with Gasteiger partial charge in [0.05, 0.1) is 0 Å². The van der Waals surface area contributed by atoms with Gasteiger partial charge in [-0.05, 0) is 5.56 Å². The van der Waals surface area contributed by atoms with Crippen LogP contribution in [-0.4, -0.2) is 20.9 Å². The maximum atomic E-state index is 11.2. The number of hydrogen-bond donors (Lipinski definition) is 1. The van der Waals surface area contributed by atoms with E-state index in [9.17, 15) is 4.79 Å². The standard InChI is InChI=1S/C11H9Cl2N3OS/c12-9(13)10(17)14-11-16-15-8(18-11)6-7-4-2-1-3-5-7/h1-5,9H,6H2,(H,14,16,17). The summed E-state index contributed by atoms with van der Waals surface area (Å²) in [6, 6.07) is 9.89. The number of benzene rings is 1. The summed E-state index contributed by atoms with van der Waals surface area (Å²) in [5.41, 5.74) is 1.14. The second-order valence-corrected chi connectivity index (χ2v) is 5.61. The maximum Gasteiger partial charge on any atom is 0.259 e. The third kappa shape index (κ3) is 3.66. The second-order valence-electron chi connectivity index (χ2n) is 3.45. The molecule has 1 heterocycles. The van der Waals surface area contributed by atoms with Crippen molar-refractivity contribution in [2.45, 2.75) is 11.3 Å². The van der Waals surface area contributed by atoms with Gasteiger partial charge in [0.15, 0.2) is 4.84 Å². The molecule has 0 radical (unpaired) electrons. The van der Waals surface area contributed by atoms with Crippen LogP contribution in [0.2, 0.25) is 0 Å². The van der Waals surface area contributed by atoms with Crippen molar-refractivity contribution >= 4 is 45.6 Å². The molecule has 2 rings (SSSR count). The van der Waals surface area contributed by atoms with Crippen LogP contribution in [0, 0.1) is 0 Å². The average molecular weight is 302 g/mol. The maximum absolute atomic E-state index is 11.2. The van der Waals surface area contributed by atoms with Crippen molar-refractivity contribution in [1.82, 2.24) is 10.2 Å². The highest BCUT2D eigenvalue weighted by Gasteiger charge is 2.14. The lowest BCUT2D eigenvalue weighted by Gasteiger charge is -1.99. The molecule has 0 bridgehead atoms. The molecule has 0 aliphatic carbocycles. The number of carbonyl (C=O) groups excluding carboxylic acids is 1. The Morgan fingerprint density at radius 3 is 2.67 bits per heavy atom. The highest BCUT2D eigenvalue weighted by molar-refractivity contribution is 7.15. The number of hydrogen-bond acceptors (Lipinski definition) is 4. The van der Waals surface area contributed by atoms with Gasteiger partial charge in [-0.25, -0.2) is 0 Å². The first-order valence-corrected chi connectivity index (χ1v) is 6.79. The first-order chi connectivity index (χ1) is 8.65. The monoisotopic (exact) mass is 301 g/mol. The van der Waals surface area contributed by atoms with Gasteiger partial charge in [0.1, 0.15) is 5.01 Å². The molecule has 2 aromatic rings. The zero-order chi connectivity index (χ0) is 13.0. The van der Waals surface area contributed by atoms with Gasteiger partial charge in [0.25, 0.3) is 5.91 Å². The topological polar surface area (TPSA) is 54.9 Å². The molecule has 7 heteroatoms. The number of halogens is 2. The highest BCUT2D eigenvalue weighted by Crippen LogP contribution is 2.19. The number of aromatic nitrogens is 2. The van der Waals surface area contributed by atoms with Gasteiger partial charge >= 0.3 is 0 Å². The molecular weight excluding hydrogens is 293 g/mol. The van der Waals surface area contributed by atoms with Crippen LogP contribution < -0.4 is 5.32 Å². The Hall–Kier alpha value is -1.17. The highest BCUT2D eigenvalue weighted by atomic mass is 35.5. The molecule has 1 aromatic carbocycles. The van der Waals surface area contributed by atoms with Gasteiger partial charge < -0.3 is 0 Å². The van der Waals surface area contributed by atoms with E-state index < -0.39 is 10.7 Å². The Kier molecular flexibility index (Phi) is 4.52. The molecule has 1 N–H and O–H groups in total. The summed E-state index contributed by atoms with van der Waals surface area (Å²) in [5, 5.41) is 11.6. The van der Waals surface area contributed by atoms with E-state index in [1.54, 1.807) is 0 Å². The van der Waals surface area contributed by atoms with E-state index in [1.807, 2.05) is 30.3 Å². The van der Waals surface area contributed by atoms with E-state index in [4.69, 9.17) is 23.2 Å². The lowest BCUT2D eigenvalue weighted by atomic mass is 10.2. The van der Waals surface area contributed by atoms with E-state index in [0.717, 1.165) is 10.6 Å². The van der Waals surface area contributed by atoms with Gasteiger partial charge in [-0.3, -0.25) is 10.1 Å². The first kappa shape index (κ1) is 13.3. The molecule has 94 valence electrons. The minimum atomic E-state index is -1.11. The summed E-state index contributed by atoms with van der Waals surface area (Å²) < 4.78 is 0. The van der Waals surface area contributed by atoms with Crippen LogP contribution in [0.25, 0.3) is 0 Å². The zero-order valence-electron chi connectivity index (χ0n) is 9.14. The molecule has 1 aromatic heterocycles. The molecule has 0 fully saturated rings. The fraction of sp³-hybridized carbons (Fsp3) is 0.182. The summed E-state index contributed by atoms with van der Waals surface area (Å²) >= 11 is 12.2. The van der Waals surface area contributed by atoms with Crippen molar-refractivity contribution in [2.75, 3.05) is 5.32 Å². The summed E-state index contributed by atoms with van der Waals surface area (Å²) in [6.45, 7) is 0.